The minimum absolute atomic E-state index is 0.0687. The third kappa shape index (κ3) is 7.82. The first kappa shape index (κ1) is 30.0. The van der Waals surface area contributed by atoms with E-state index in [0.29, 0.717) is 27.4 Å². The molecule has 11 nitrogen and oxygen atoms in total. The SMILES string of the molecule is CC(C)(Cn1c(=O)cc(Nc2ccc(Oc3ccc(Cl)cn3)cc2)n(Cc2ccc(Cl)cc2)c1=O)C(=O)NS(=O)[O-]. The second kappa shape index (κ2) is 12.7. The number of anilines is 2. The zero-order chi connectivity index (χ0) is 29.7. The molecule has 0 saturated heterocycles. The van der Waals surface area contributed by atoms with Crippen LogP contribution in [0.4, 0.5) is 11.5 Å². The minimum Gasteiger partial charge on any atom is -0.755 e. The first-order chi connectivity index (χ1) is 19.4. The van der Waals surface area contributed by atoms with Gasteiger partial charge >= 0.3 is 5.69 Å². The smallest absolute Gasteiger partial charge is 0.332 e. The van der Waals surface area contributed by atoms with Crippen molar-refractivity contribution in [1.82, 2.24) is 18.8 Å². The number of halogens is 2. The highest BCUT2D eigenvalue weighted by molar-refractivity contribution is 7.77. The Balaban J connectivity index is 1.67. The van der Waals surface area contributed by atoms with Gasteiger partial charge in [-0.15, -0.1) is 0 Å². The van der Waals surface area contributed by atoms with Crippen molar-refractivity contribution in [3.05, 3.63) is 109 Å². The van der Waals surface area contributed by atoms with Gasteiger partial charge < -0.3 is 14.6 Å². The lowest BCUT2D eigenvalue weighted by atomic mass is 9.92. The van der Waals surface area contributed by atoms with E-state index in [1.807, 2.05) is 0 Å². The predicted molar refractivity (Wildman–Crippen MR) is 155 cm³/mol. The highest BCUT2D eigenvalue weighted by Gasteiger charge is 2.30. The summed E-state index contributed by atoms with van der Waals surface area (Å²) in [7, 11) is 0. The zero-order valence-electron chi connectivity index (χ0n) is 21.8. The lowest BCUT2D eigenvalue weighted by Crippen LogP contribution is -2.47. The summed E-state index contributed by atoms with van der Waals surface area (Å²) in [6, 6.07) is 18.1. The average Bonchev–Trinajstić information content (AvgIpc) is 2.92. The predicted octanol–water partition coefficient (Wildman–Crippen LogP) is 4.23. The maximum Gasteiger partial charge on any atom is 0.332 e. The van der Waals surface area contributed by atoms with Crippen molar-refractivity contribution in [3.8, 4) is 11.6 Å². The van der Waals surface area contributed by atoms with Crippen molar-refractivity contribution >= 4 is 51.9 Å². The van der Waals surface area contributed by atoms with Crippen LogP contribution in [0.2, 0.25) is 10.0 Å². The number of amides is 1. The summed E-state index contributed by atoms with van der Waals surface area (Å²) >= 11 is 9.03. The summed E-state index contributed by atoms with van der Waals surface area (Å²) in [5.74, 6) is 0.189. The van der Waals surface area contributed by atoms with E-state index in [0.717, 1.165) is 10.1 Å². The monoisotopic (exact) mass is 616 g/mol. The Morgan fingerprint density at radius 2 is 1.66 bits per heavy atom. The first-order valence-corrected chi connectivity index (χ1v) is 13.9. The van der Waals surface area contributed by atoms with Gasteiger partial charge in [-0.25, -0.2) is 9.78 Å². The summed E-state index contributed by atoms with van der Waals surface area (Å²) in [5.41, 5.74) is -1.50. The topological polar surface area (TPSA) is 147 Å². The molecule has 0 spiro atoms. The maximum absolute atomic E-state index is 13.6. The summed E-state index contributed by atoms with van der Waals surface area (Å²) < 4.78 is 31.7. The highest BCUT2D eigenvalue weighted by atomic mass is 35.5. The van der Waals surface area contributed by atoms with Crippen LogP contribution in [0.25, 0.3) is 0 Å². The third-order valence-electron chi connectivity index (χ3n) is 5.93. The van der Waals surface area contributed by atoms with Gasteiger partial charge in [0.15, 0.2) is 0 Å². The fourth-order valence-electron chi connectivity index (χ4n) is 3.77. The Bertz CT molecular complexity index is 1690. The maximum atomic E-state index is 13.6. The fourth-order valence-corrected chi connectivity index (χ4v) is 4.43. The lowest BCUT2D eigenvalue weighted by Gasteiger charge is -2.25. The van der Waals surface area contributed by atoms with E-state index in [-0.39, 0.29) is 18.9 Å². The van der Waals surface area contributed by atoms with Crippen molar-refractivity contribution < 1.29 is 18.3 Å². The van der Waals surface area contributed by atoms with Gasteiger partial charge in [0, 0.05) is 46.9 Å². The molecule has 1 unspecified atom stereocenters. The number of rotatable bonds is 10. The number of aromatic nitrogens is 3. The number of nitrogens with one attached hydrogen (secondary N) is 2. The van der Waals surface area contributed by atoms with Crippen LogP contribution in [-0.4, -0.2) is 28.8 Å². The molecule has 1 atom stereocenters. The third-order valence-corrected chi connectivity index (χ3v) is 6.75. The number of benzene rings is 2. The van der Waals surface area contributed by atoms with Gasteiger partial charge in [0.25, 0.3) is 5.56 Å². The van der Waals surface area contributed by atoms with E-state index < -0.39 is 33.8 Å². The van der Waals surface area contributed by atoms with Crippen LogP contribution < -0.4 is 26.0 Å². The van der Waals surface area contributed by atoms with Crippen molar-refractivity contribution in [1.29, 1.82) is 0 Å². The molecule has 0 aliphatic rings. The molecule has 14 heteroatoms. The molecule has 2 heterocycles. The van der Waals surface area contributed by atoms with E-state index in [1.165, 1.54) is 30.7 Å². The molecule has 0 fully saturated rings. The molecule has 0 aliphatic carbocycles. The van der Waals surface area contributed by atoms with Gasteiger partial charge in [-0.05, 0) is 61.9 Å². The molecule has 4 rings (SSSR count). The van der Waals surface area contributed by atoms with Crippen LogP contribution in [0.15, 0.2) is 82.5 Å². The number of ether oxygens (including phenoxy) is 1. The van der Waals surface area contributed by atoms with Crippen LogP contribution in [-0.2, 0) is 29.2 Å². The number of carbonyl (C=O) groups is 1. The van der Waals surface area contributed by atoms with Crippen molar-refractivity contribution in [3.63, 3.8) is 0 Å². The summed E-state index contributed by atoms with van der Waals surface area (Å²) in [6.45, 7) is 2.57. The van der Waals surface area contributed by atoms with Gasteiger partial charge in [-0.2, -0.15) is 0 Å². The van der Waals surface area contributed by atoms with Gasteiger partial charge in [-0.1, -0.05) is 35.3 Å². The Morgan fingerprint density at radius 3 is 2.27 bits per heavy atom. The van der Waals surface area contributed by atoms with Gasteiger partial charge in [0.05, 0.1) is 17.0 Å². The normalized spacial score (nSPS) is 12.0. The van der Waals surface area contributed by atoms with Gasteiger partial charge in [-0.3, -0.25) is 27.7 Å². The molecule has 214 valence electrons. The van der Waals surface area contributed by atoms with E-state index in [9.17, 15) is 23.1 Å². The molecule has 0 saturated carbocycles. The molecule has 0 aliphatic heterocycles. The summed E-state index contributed by atoms with van der Waals surface area (Å²) in [6.07, 6.45) is 1.47. The van der Waals surface area contributed by atoms with Gasteiger partial charge in [0.2, 0.25) is 11.8 Å². The summed E-state index contributed by atoms with van der Waals surface area (Å²) in [4.78, 5) is 43.2. The molecular weight excluding hydrogens is 593 g/mol. The van der Waals surface area contributed by atoms with Crippen LogP contribution in [0.5, 0.6) is 11.6 Å². The van der Waals surface area contributed by atoms with E-state index in [2.05, 4.69) is 10.3 Å². The number of hydrogen-bond acceptors (Lipinski definition) is 8. The molecule has 2 aromatic carbocycles. The minimum atomic E-state index is -2.84. The Hall–Kier alpha value is -3.97. The van der Waals surface area contributed by atoms with Crippen LogP contribution in [0, 0.1) is 5.41 Å². The fraction of sp³-hybridized carbons (Fsp3) is 0.185. The van der Waals surface area contributed by atoms with E-state index in [1.54, 1.807) is 65.4 Å². The Morgan fingerprint density at radius 1 is 1.00 bits per heavy atom. The zero-order valence-corrected chi connectivity index (χ0v) is 24.1. The highest BCUT2D eigenvalue weighted by Crippen LogP contribution is 2.24. The number of nitrogens with zero attached hydrogens (tertiary/aromatic N) is 3. The molecule has 4 aromatic rings. The Kier molecular flexibility index (Phi) is 9.28. The molecule has 2 N–H and O–H groups in total. The molecule has 41 heavy (non-hydrogen) atoms. The molecule has 0 radical (unpaired) electrons. The number of pyridine rings is 1. The number of carbonyl (C=O) groups excluding carboxylic acids is 1. The number of hydrogen-bond donors (Lipinski definition) is 2. The second-order valence-electron chi connectivity index (χ2n) is 9.57. The molecular formula is C27H24Cl2N5O6S-. The van der Waals surface area contributed by atoms with E-state index >= 15 is 0 Å². The van der Waals surface area contributed by atoms with Crippen LogP contribution in [0.3, 0.4) is 0 Å². The quantitative estimate of drug-likeness (QED) is 0.251. The standard InChI is InChI=1S/C27H25Cl2N5O6S/c1-27(2,25(36)32-41(38)39)16-34-24(35)13-22(33(26(34)37)15-17-3-5-18(28)6-4-17)31-20-8-10-21(11-9-20)40-23-12-7-19(29)14-30-23/h3-14,31H,15-16H2,1-2H3,(H,32,36)(H,38,39)/p-1. The largest absolute Gasteiger partial charge is 0.755 e. The molecule has 0 bridgehead atoms. The summed E-state index contributed by atoms with van der Waals surface area (Å²) in [5, 5.41) is 4.10. The molecule has 1 amide bonds. The van der Waals surface area contributed by atoms with Crippen LogP contribution in [0.1, 0.15) is 19.4 Å². The van der Waals surface area contributed by atoms with Crippen molar-refractivity contribution in [2.24, 2.45) is 5.41 Å². The van der Waals surface area contributed by atoms with Crippen molar-refractivity contribution in [2.45, 2.75) is 26.9 Å². The lowest BCUT2D eigenvalue weighted by molar-refractivity contribution is -0.128. The Labute approximate surface area is 247 Å². The van der Waals surface area contributed by atoms with Crippen molar-refractivity contribution in [2.75, 3.05) is 5.32 Å². The first-order valence-electron chi connectivity index (χ1n) is 12.1. The average molecular weight is 617 g/mol. The molecule has 2 aromatic heterocycles. The second-order valence-corrected chi connectivity index (χ2v) is 11.1. The van der Waals surface area contributed by atoms with Crippen LogP contribution >= 0.6 is 23.2 Å². The van der Waals surface area contributed by atoms with E-state index in [4.69, 9.17) is 27.9 Å². The van der Waals surface area contributed by atoms with Gasteiger partial charge in [0.1, 0.15) is 11.6 Å².